The van der Waals surface area contributed by atoms with E-state index in [0.29, 0.717) is 23.7 Å². The second kappa shape index (κ2) is 6.41. The lowest BCUT2D eigenvalue weighted by atomic mass is 10.1. The Morgan fingerprint density at radius 2 is 2.24 bits per heavy atom. The molecule has 2 aromatic heterocycles. The molecule has 6 heteroatoms. The first kappa shape index (κ1) is 15.7. The van der Waals surface area contributed by atoms with Gasteiger partial charge in [-0.15, -0.1) is 11.3 Å². The van der Waals surface area contributed by atoms with Crippen molar-refractivity contribution in [2.75, 3.05) is 26.0 Å². The molecule has 0 aliphatic rings. The number of aryl methyl sites for hydroxylation is 1. The molecule has 1 amide bonds. The number of methoxy groups -OCH3 is 1. The lowest BCUT2D eigenvalue weighted by molar-refractivity contribution is 0.0641. The van der Waals surface area contributed by atoms with Crippen LogP contribution in [0.25, 0.3) is 10.2 Å². The SMILES string of the molecule is COCCN(C(=O)c1sc2nccc(C)c2c1N)C(C)C. The maximum absolute atomic E-state index is 12.8. The number of aromatic nitrogens is 1. The number of hydrogen-bond donors (Lipinski definition) is 1. The molecule has 0 radical (unpaired) electrons. The van der Waals surface area contributed by atoms with Crippen LogP contribution >= 0.6 is 11.3 Å². The van der Waals surface area contributed by atoms with Gasteiger partial charge in [-0.2, -0.15) is 0 Å². The van der Waals surface area contributed by atoms with E-state index in [2.05, 4.69) is 4.98 Å². The molecule has 0 saturated heterocycles. The van der Waals surface area contributed by atoms with E-state index in [9.17, 15) is 4.79 Å². The molecule has 5 nitrogen and oxygen atoms in total. The lowest BCUT2D eigenvalue weighted by Crippen LogP contribution is -2.39. The Kier molecular flexibility index (Phi) is 4.80. The molecule has 0 unspecified atom stereocenters. The van der Waals surface area contributed by atoms with Crippen molar-refractivity contribution < 1.29 is 9.53 Å². The van der Waals surface area contributed by atoms with E-state index >= 15 is 0 Å². The van der Waals surface area contributed by atoms with Crippen molar-refractivity contribution in [3.63, 3.8) is 0 Å². The second-order valence-corrected chi connectivity index (χ2v) is 6.24. The zero-order chi connectivity index (χ0) is 15.6. The highest BCUT2D eigenvalue weighted by Crippen LogP contribution is 2.35. The summed E-state index contributed by atoms with van der Waals surface area (Å²) in [5, 5.41) is 0.890. The normalized spacial score (nSPS) is 11.3. The summed E-state index contributed by atoms with van der Waals surface area (Å²) in [7, 11) is 1.63. The van der Waals surface area contributed by atoms with Crippen LogP contribution in [0.5, 0.6) is 0 Å². The molecule has 0 aromatic carbocycles. The third-order valence-corrected chi connectivity index (χ3v) is 4.55. The first-order chi connectivity index (χ1) is 9.97. The first-order valence-electron chi connectivity index (χ1n) is 6.90. The fourth-order valence-corrected chi connectivity index (χ4v) is 3.37. The molecule has 21 heavy (non-hydrogen) atoms. The van der Waals surface area contributed by atoms with Gasteiger partial charge in [-0.05, 0) is 32.4 Å². The molecule has 0 bridgehead atoms. The van der Waals surface area contributed by atoms with Gasteiger partial charge < -0.3 is 15.4 Å². The monoisotopic (exact) mass is 307 g/mol. The number of nitrogen functional groups attached to an aromatic ring is 1. The highest BCUT2D eigenvalue weighted by atomic mass is 32.1. The van der Waals surface area contributed by atoms with Gasteiger partial charge >= 0.3 is 0 Å². The number of ether oxygens (including phenoxy) is 1. The van der Waals surface area contributed by atoms with Gasteiger partial charge in [-0.3, -0.25) is 4.79 Å². The van der Waals surface area contributed by atoms with Gasteiger partial charge in [0.15, 0.2) is 0 Å². The molecule has 0 atom stereocenters. The van der Waals surface area contributed by atoms with E-state index in [0.717, 1.165) is 15.8 Å². The maximum atomic E-state index is 12.8. The Bertz CT molecular complexity index is 652. The van der Waals surface area contributed by atoms with E-state index in [1.165, 1.54) is 11.3 Å². The minimum absolute atomic E-state index is 0.0537. The summed E-state index contributed by atoms with van der Waals surface area (Å²) in [6, 6.07) is 2.00. The van der Waals surface area contributed by atoms with Crippen LogP contribution in [-0.4, -0.2) is 42.1 Å². The van der Waals surface area contributed by atoms with Crippen LogP contribution in [0.4, 0.5) is 5.69 Å². The number of amides is 1. The number of nitrogens with zero attached hydrogens (tertiary/aromatic N) is 2. The van der Waals surface area contributed by atoms with E-state index in [1.807, 2.05) is 26.8 Å². The molecule has 0 aliphatic heterocycles. The summed E-state index contributed by atoms with van der Waals surface area (Å²) in [6.07, 6.45) is 1.74. The summed E-state index contributed by atoms with van der Waals surface area (Å²) in [5.74, 6) is -0.0537. The van der Waals surface area contributed by atoms with Gasteiger partial charge in [0, 0.05) is 31.3 Å². The van der Waals surface area contributed by atoms with Gasteiger partial charge in [0.05, 0.1) is 12.3 Å². The Morgan fingerprint density at radius 3 is 2.81 bits per heavy atom. The van der Waals surface area contributed by atoms with Crippen molar-refractivity contribution >= 4 is 33.1 Å². The number of rotatable bonds is 5. The Labute approximate surface area is 128 Å². The zero-order valence-corrected chi connectivity index (χ0v) is 13.7. The lowest BCUT2D eigenvalue weighted by Gasteiger charge is -2.26. The van der Waals surface area contributed by atoms with Crippen LogP contribution in [0.2, 0.25) is 0 Å². The molecule has 2 heterocycles. The minimum atomic E-state index is -0.0537. The van der Waals surface area contributed by atoms with Gasteiger partial charge in [0.2, 0.25) is 0 Å². The highest BCUT2D eigenvalue weighted by molar-refractivity contribution is 7.21. The summed E-state index contributed by atoms with van der Waals surface area (Å²) in [5.41, 5.74) is 7.78. The summed E-state index contributed by atoms with van der Waals surface area (Å²) in [6.45, 7) is 7.01. The van der Waals surface area contributed by atoms with Gasteiger partial charge in [0.1, 0.15) is 9.71 Å². The number of pyridine rings is 1. The van der Waals surface area contributed by atoms with E-state index in [1.54, 1.807) is 18.2 Å². The van der Waals surface area contributed by atoms with Crippen LogP contribution in [0.1, 0.15) is 29.1 Å². The topological polar surface area (TPSA) is 68.5 Å². The number of carbonyl (C=O) groups excluding carboxylic acids is 1. The number of carbonyl (C=O) groups is 1. The average molecular weight is 307 g/mol. The van der Waals surface area contributed by atoms with Gasteiger partial charge in [-0.25, -0.2) is 4.98 Å². The van der Waals surface area contributed by atoms with Crippen molar-refractivity contribution in [1.82, 2.24) is 9.88 Å². The van der Waals surface area contributed by atoms with Crippen molar-refractivity contribution in [2.45, 2.75) is 26.8 Å². The Hall–Kier alpha value is -1.66. The Balaban J connectivity index is 2.42. The van der Waals surface area contributed by atoms with Crippen molar-refractivity contribution in [3.05, 3.63) is 22.7 Å². The van der Waals surface area contributed by atoms with Crippen LogP contribution in [0.3, 0.4) is 0 Å². The van der Waals surface area contributed by atoms with Crippen LogP contribution in [-0.2, 0) is 4.74 Å². The van der Waals surface area contributed by atoms with E-state index in [-0.39, 0.29) is 11.9 Å². The molecule has 0 aliphatic carbocycles. The number of fused-ring (bicyclic) bond motifs is 1. The number of anilines is 1. The maximum Gasteiger partial charge on any atom is 0.266 e. The third-order valence-electron chi connectivity index (χ3n) is 3.45. The number of hydrogen-bond acceptors (Lipinski definition) is 5. The Morgan fingerprint density at radius 1 is 1.52 bits per heavy atom. The smallest absolute Gasteiger partial charge is 0.266 e. The molecular formula is C15H21N3O2S. The average Bonchev–Trinajstić information content (AvgIpc) is 2.77. The van der Waals surface area contributed by atoms with E-state index < -0.39 is 0 Å². The fraction of sp³-hybridized carbons (Fsp3) is 0.467. The largest absolute Gasteiger partial charge is 0.397 e. The summed E-state index contributed by atoms with van der Waals surface area (Å²) < 4.78 is 5.08. The predicted octanol–water partition coefficient (Wildman–Crippen LogP) is 2.68. The summed E-state index contributed by atoms with van der Waals surface area (Å²) >= 11 is 1.36. The van der Waals surface area contributed by atoms with Crippen molar-refractivity contribution in [3.8, 4) is 0 Å². The minimum Gasteiger partial charge on any atom is -0.397 e. The number of nitrogens with two attached hydrogens (primary N) is 1. The van der Waals surface area contributed by atoms with Crippen LogP contribution in [0, 0.1) is 6.92 Å². The first-order valence-corrected chi connectivity index (χ1v) is 7.72. The molecule has 0 spiro atoms. The molecular weight excluding hydrogens is 286 g/mol. The standard InChI is InChI=1S/C15H21N3O2S/c1-9(2)18(7-8-20-4)15(19)13-12(16)11-10(3)5-6-17-14(11)21-13/h5-6,9H,7-8,16H2,1-4H3. The fourth-order valence-electron chi connectivity index (χ4n) is 2.28. The second-order valence-electron chi connectivity index (χ2n) is 5.24. The quantitative estimate of drug-likeness (QED) is 0.922. The van der Waals surface area contributed by atoms with Gasteiger partial charge in [-0.1, -0.05) is 0 Å². The number of thiophene rings is 1. The van der Waals surface area contributed by atoms with Crippen molar-refractivity contribution in [2.24, 2.45) is 0 Å². The third kappa shape index (κ3) is 3.01. The highest BCUT2D eigenvalue weighted by Gasteiger charge is 2.24. The molecule has 0 saturated carbocycles. The molecule has 2 aromatic rings. The van der Waals surface area contributed by atoms with Crippen LogP contribution < -0.4 is 5.73 Å². The van der Waals surface area contributed by atoms with Gasteiger partial charge in [0.25, 0.3) is 5.91 Å². The predicted molar refractivity (Wildman–Crippen MR) is 86.8 cm³/mol. The molecule has 2 rings (SSSR count). The zero-order valence-electron chi connectivity index (χ0n) is 12.8. The molecule has 114 valence electrons. The van der Waals surface area contributed by atoms with Crippen molar-refractivity contribution in [1.29, 1.82) is 0 Å². The van der Waals surface area contributed by atoms with Crippen LogP contribution in [0.15, 0.2) is 12.3 Å². The molecule has 2 N–H and O–H groups in total. The van der Waals surface area contributed by atoms with E-state index in [4.69, 9.17) is 10.5 Å². The summed E-state index contributed by atoms with van der Waals surface area (Å²) in [4.78, 5) is 20.2. The molecule has 0 fully saturated rings.